The van der Waals surface area contributed by atoms with Gasteiger partial charge in [-0.15, -0.1) is 0 Å². The molecule has 1 atom stereocenters. The highest BCUT2D eigenvalue weighted by atomic mass is 16.4. The maximum atomic E-state index is 11.8. The Bertz CT molecular complexity index is 783. The van der Waals surface area contributed by atoms with Crippen molar-refractivity contribution in [1.29, 1.82) is 0 Å². The monoisotopic (exact) mass is 382 g/mol. The molecule has 0 bridgehead atoms. The average Bonchev–Trinajstić information content (AvgIpc) is 2.68. The smallest absolute Gasteiger partial charge is 0.321 e. The highest BCUT2D eigenvalue weighted by molar-refractivity contribution is 5.74. The normalized spacial score (nSPS) is 23.5. The van der Waals surface area contributed by atoms with E-state index in [-0.39, 0.29) is 17.3 Å². The minimum atomic E-state index is -0.851. The maximum absolute atomic E-state index is 11.8. The molecule has 1 aliphatic rings. The molecule has 0 amide bonds. The quantitative estimate of drug-likeness (QED) is 0.685. The van der Waals surface area contributed by atoms with Crippen LogP contribution in [0.2, 0.25) is 0 Å². The molecule has 0 radical (unpaired) electrons. The summed E-state index contributed by atoms with van der Waals surface area (Å²) >= 11 is 0. The predicted molar refractivity (Wildman–Crippen MR) is 110 cm³/mol. The minimum absolute atomic E-state index is 0.00335. The van der Waals surface area contributed by atoms with Crippen molar-refractivity contribution < 1.29 is 15.0 Å². The number of hydrogen-bond donors (Lipinski definition) is 3. The second kappa shape index (κ2) is 8.76. The van der Waals surface area contributed by atoms with E-state index < -0.39 is 12.0 Å². The third-order valence-electron chi connectivity index (χ3n) is 6.07. The summed E-state index contributed by atoms with van der Waals surface area (Å²) in [4.78, 5) is 14.1. The van der Waals surface area contributed by atoms with Crippen molar-refractivity contribution in [3.05, 3.63) is 65.7 Å². The van der Waals surface area contributed by atoms with Gasteiger partial charge in [-0.25, -0.2) is 0 Å². The number of carboxylic acid groups (broad SMARTS) is 1. The molecule has 0 aliphatic heterocycles. The summed E-state index contributed by atoms with van der Waals surface area (Å²) in [5.41, 5.74) is 2.15. The number of phenols is 1. The zero-order valence-corrected chi connectivity index (χ0v) is 16.6. The van der Waals surface area contributed by atoms with Crippen LogP contribution in [0, 0.1) is 0 Å². The average molecular weight is 383 g/mol. The van der Waals surface area contributed by atoms with Crippen molar-refractivity contribution in [1.82, 2.24) is 10.2 Å². The van der Waals surface area contributed by atoms with E-state index in [1.54, 1.807) is 18.2 Å². The van der Waals surface area contributed by atoms with Gasteiger partial charge in [-0.05, 0) is 69.5 Å². The number of aliphatic carboxylic acids is 1. The van der Waals surface area contributed by atoms with Crippen molar-refractivity contribution in [3.63, 3.8) is 0 Å². The van der Waals surface area contributed by atoms with Crippen LogP contribution < -0.4 is 5.32 Å². The Morgan fingerprint density at radius 3 is 2.39 bits per heavy atom. The summed E-state index contributed by atoms with van der Waals surface area (Å²) in [6.07, 6.45) is 4.19. The third kappa shape index (κ3) is 4.54. The van der Waals surface area contributed by atoms with Crippen LogP contribution in [0.15, 0.2) is 54.6 Å². The molecule has 2 aromatic carbocycles. The van der Waals surface area contributed by atoms with Gasteiger partial charge in [0, 0.05) is 11.6 Å². The molecule has 1 fully saturated rings. The van der Waals surface area contributed by atoms with E-state index >= 15 is 0 Å². The Balaban J connectivity index is 1.66. The van der Waals surface area contributed by atoms with Gasteiger partial charge in [-0.2, -0.15) is 0 Å². The van der Waals surface area contributed by atoms with Crippen molar-refractivity contribution >= 4 is 5.97 Å². The first kappa shape index (κ1) is 20.4. The molecule has 0 aromatic heterocycles. The maximum Gasteiger partial charge on any atom is 0.321 e. The number of rotatable bonds is 7. The van der Waals surface area contributed by atoms with Gasteiger partial charge in [0.05, 0.1) is 0 Å². The summed E-state index contributed by atoms with van der Waals surface area (Å²) in [6.45, 7) is 0. The second-order valence-corrected chi connectivity index (χ2v) is 8.00. The lowest BCUT2D eigenvalue weighted by Crippen LogP contribution is -2.51. The number of aromatic hydroxyl groups is 1. The first-order chi connectivity index (χ1) is 13.4. The largest absolute Gasteiger partial charge is 0.508 e. The van der Waals surface area contributed by atoms with Crippen LogP contribution in [0.5, 0.6) is 5.75 Å². The topological polar surface area (TPSA) is 72.8 Å². The van der Waals surface area contributed by atoms with Gasteiger partial charge in [-0.1, -0.05) is 42.5 Å². The van der Waals surface area contributed by atoms with Crippen LogP contribution >= 0.6 is 0 Å². The molecule has 3 rings (SSSR count). The molecule has 5 nitrogen and oxygen atoms in total. The molecule has 0 saturated heterocycles. The Morgan fingerprint density at radius 2 is 1.82 bits per heavy atom. The number of hydrogen-bond acceptors (Lipinski definition) is 4. The van der Waals surface area contributed by atoms with Crippen LogP contribution in [0.4, 0.5) is 0 Å². The molecule has 0 spiro atoms. The standard InChI is InChI=1S/C23H30N2O3/c1-25(2)23(18-8-4-3-5-9-18)13-11-19(12-14-23)24-21(22(27)28)16-17-7-6-10-20(26)15-17/h3-10,15,19,21,24,26H,11-14,16H2,1-2H3,(H,27,28). The van der Waals surface area contributed by atoms with Crippen LogP contribution in [-0.2, 0) is 16.8 Å². The number of nitrogens with zero attached hydrogens (tertiary/aromatic N) is 1. The van der Waals surface area contributed by atoms with Crippen molar-refractivity contribution in [3.8, 4) is 5.75 Å². The van der Waals surface area contributed by atoms with Crippen molar-refractivity contribution in [2.24, 2.45) is 0 Å². The molecule has 1 aliphatic carbocycles. The second-order valence-electron chi connectivity index (χ2n) is 8.00. The molecule has 1 saturated carbocycles. The Morgan fingerprint density at radius 1 is 1.14 bits per heavy atom. The van der Waals surface area contributed by atoms with E-state index in [4.69, 9.17) is 0 Å². The minimum Gasteiger partial charge on any atom is -0.508 e. The van der Waals surface area contributed by atoms with Gasteiger partial charge in [0.15, 0.2) is 0 Å². The number of phenolic OH excluding ortho intramolecular Hbond substituents is 1. The summed E-state index contributed by atoms with van der Waals surface area (Å²) in [5, 5.41) is 22.7. The molecule has 28 heavy (non-hydrogen) atoms. The van der Waals surface area contributed by atoms with Crippen LogP contribution in [-0.4, -0.2) is 47.3 Å². The van der Waals surface area contributed by atoms with Gasteiger partial charge in [0.2, 0.25) is 0 Å². The molecule has 0 heterocycles. The zero-order chi connectivity index (χ0) is 20.1. The van der Waals surface area contributed by atoms with Crippen LogP contribution in [0.1, 0.15) is 36.8 Å². The van der Waals surface area contributed by atoms with E-state index in [1.807, 2.05) is 12.1 Å². The lowest BCUT2D eigenvalue weighted by atomic mass is 9.74. The summed E-state index contributed by atoms with van der Waals surface area (Å²) in [7, 11) is 4.26. The Hall–Kier alpha value is -2.37. The van der Waals surface area contributed by atoms with E-state index in [0.717, 1.165) is 31.2 Å². The molecule has 1 unspecified atom stereocenters. The third-order valence-corrected chi connectivity index (χ3v) is 6.07. The van der Waals surface area contributed by atoms with Gasteiger partial charge in [0.25, 0.3) is 0 Å². The zero-order valence-electron chi connectivity index (χ0n) is 16.6. The number of carboxylic acids is 1. The lowest BCUT2D eigenvalue weighted by molar-refractivity contribution is -0.139. The number of nitrogens with one attached hydrogen (secondary N) is 1. The highest BCUT2D eigenvalue weighted by Gasteiger charge is 2.39. The predicted octanol–water partition coefficient (Wildman–Crippen LogP) is 3.38. The van der Waals surface area contributed by atoms with Crippen LogP contribution in [0.25, 0.3) is 0 Å². The van der Waals surface area contributed by atoms with Crippen LogP contribution in [0.3, 0.4) is 0 Å². The molecule has 3 N–H and O–H groups in total. The Kier molecular flexibility index (Phi) is 6.37. The first-order valence-corrected chi connectivity index (χ1v) is 9.90. The summed E-state index contributed by atoms with van der Waals surface area (Å²) in [6, 6.07) is 16.9. The number of carbonyl (C=O) groups is 1. The molecular formula is C23H30N2O3. The van der Waals surface area contributed by atoms with E-state index in [9.17, 15) is 15.0 Å². The van der Waals surface area contributed by atoms with Gasteiger partial charge < -0.3 is 15.5 Å². The first-order valence-electron chi connectivity index (χ1n) is 9.90. The van der Waals surface area contributed by atoms with Gasteiger partial charge in [-0.3, -0.25) is 9.69 Å². The van der Waals surface area contributed by atoms with E-state index in [2.05, 4.69) is 48.6 Å². The van der Waals surface area contributed by atoms with Gasteiger partial charge in [0.1, 0.15) is 11.8 Å². The van der Waals surface area contributed by atoms with Crippen molar-refractivity contribution in [2.45, 2.75) is 49.7 Å². The SMILES string of the molecule is CN(C)C1(c2ccccc2)CCC(NC(Cc2cccc(O)c2)C(=O)O)CC1. The fourth-order valence-corrected chi connectivity index (χ4v) is 4.43. The fourth-order valence-electron chi connectivity index (χ4n) is 4.43. The molecule has 150 valence electrons. The highest BCUT2D eigenvalue weighted by Crippen LogP contribution is 2.41. The Labute approximate surface area is 167 Å². The molecular weight excluding hydrogens is 352 g/mol. The van der Waals surface area contributed by atoms with E-state index in [1.165, 1.54) is 5.56 Å². The number of benzene rings is 2. The fraction of sp³-hybridized carbons (Fsp3) is 0.435. The van der Waals surface area contributed by atoms with Gasteiger partial charge >= 0.3 is 5.97 Å². The summed E-state index contributed by atoms with van der Waals surface area (Å²) in [5.74, 6) is -0.686. The van der Waals surface area contributed by atoms with Crippen molar-refractivity contribution in [2.75, 3.05) is 14.1 Å². The molecule has 5 heteroatoms. The summed E-state index contributed by atoms with van der Waals surface area (Å²) < 4.78 is 0. The lowest BCUT2D eigenvalue weighted by Gasteiger charge is -2.46. The molecule has 2 aromatic rings. The van der Waals surface area contributed by atoms with E-state index in [0.29, 0.717) is 6.42 Å².